The number of hydrogen-bond acceptors (Lipinski definition) is 1. The van der Waals surface area contributed by atoms with E-state index in [0.29, 0.717) is 6.04 Å². The minimum absolute atomic E-state index is 0.0975. The SMILES string of the molecule is CC#CCC(NCCC)C(C)(C)c1ccccc1. The van der Waals surface area contributed by atoms with Crippen LogP contribution in [-0.4, -0.2) is 12.6 Å². The Labute approximate surface area is 112 Å². The van der Waals surface area contributed by atoms with Gasteiger partial charge in [-0.05, 0) is 25.5 Å². The molecule has 0 radical (unpaired) electrons. The summed E-state index contributed by atoms with van der Waals surface area (Å²) in [5, 5.41) is 3.64. The fraction of sp³-hybridized carbons (Fsp3) is 0.529. The van der Waals surface area contributed by atoms with Crippen molar-refractivity contribution >= 4 is 0 Å². The molecule has 98 valence electrons. The van der Waals surface area contributed by atoms with E-state index < -0.39 is 0 Å². The molecule has 1 heteroatoms. The van der Waals surface area contributed by atoms with Gasteiger partial charge in [0.1, 0.15) is 0 Å². The molecule has 1 N–H and O–H groups in total. The van der Waals surface area contributed by atoms with Crippen molar-refractivity contribution in [3.8, 4) is 11.8 Å². The monoisotopic (exact) mass is 243 g/mol. The molecule has 1 nitrogen and oxygen atoms in total. The Balaban J connectivity index is 2.89. The van der Waals surface area contributed by atoms with Crippen molar-refractivity contribution in [2.75, 3.05) is 6.54 Å². The highest BCUT2D eigenvalue weighted by Crippen LogP contribution is 2.28. The molecule has 1 aromatic carbocycles. The lowest BCUT2D eigenvalue weighted by atomic mass is 9.76. The maximum Gasteiger partial charge on any atom is 0.0268 e. The smallest absolute Gasteiger partial charge is 0.0268 e. The predicted molar refractivity (Wildman–Crippen MR) is 79.6 cm³/mol. The average Bonchev–Trinajstić information content (AvgIpc) is 2.39. The fourth-order valence-electron chi connectivity index (χ4n) is 2.17. The first kappa shape index (κ1) is 14.8. The third-order valence-electron chi connectivity index (χ3n) is 3.51. The molecule has 0 aliphatic rings. The van der Waals surface area contributed by atoms with Crippen LogP contribution >= 0.6 is 0 Å². The van der Waals surface area contributed by atoms with Crippen LogP contribution in [0.4, 0.5) is 0 Å². The van der Waals surface area contributed by atoms with Crippen LogP contribution in [0, 0.1) is 11.8 Å². The summed E-state index contributed by atoms with van der Waals surface area (Å²) in [4.78, 5) is 0. The normalized spacial score (nSPS) is 12.7. The van der Waals surface area contributed by atoms with Gasteiger partial charge in [-0.2, -0.15) is 0 Å². The number of rotatable bonds is 6. The van der Waals surface area contributed by atoms with Crippen LogP contribution < -0.4 is 5.32 Å². The molecule has 1 aromatic rings. The molecule has 18 heavy (non-hydrogen) atoms. The van der Waals surface area contributed by atoms with Gasteiger partial charge in [-0.1, -0.05) is 51.1 Å². The Morgan fingerprint density at radius 1 is 1.22 bits per heavy atom. The molecule has 0 saturated heterocycles. The van der Waals surface area contributed by atoms with Gasteiger partial charge >= 0.3 is 0 Å². The third kappa shape index (κ3) is 3.89. The van der Waals surface area contributed by atoms with Gasteiger partial charge in [0.25, 0.3) is 0 Å². The zero-order valence-electron chi connectivity index (χ0n) is 12.1. The number of nitrogens with one attached hydrogen (secondary N) is 1. The van der Waals surface area contributed by atoms with Gasteiger partial charge in [-0.25, -0.2) is 0 Å². The van der Waals surface area contributed by atoms with E-state index in [4.69, 9.17) is 0 Å². The van der Waals surface area contributed by atoms with E-state index in [1.165, 1.54) is 5.56 Å². The second kappa shape index (κ2) is 7.24. The van der Waals surface area contributed by atoms with E-state index in [0.717, 1.165) is 19.4 Å². The Hall–Kier alpha value is -1.26. The topological polar surface area (TPSA) is 12.0 Å². The van der Waals surface area contributed by atoms with E-state index in [1.807, 2.05) is 6.92 Å². The molecule has 0 amide bonds. The fourth-order valence-corrected chi connectivity index (χ4v) is 2.17. The van der Waals surface area contributed by atoms with Crippen LogP contribution in [0.25, 0.3) is 0 Å². The van der Waals surface area contributed by atoms with Crippen LogP contribution in [0.1, 0.15) is 46.1 Å². The molecular formula is C17H25N. The second-order valence-corrected chi connectivity index (χ2v) is 5.23. The van der Waals surface area contributed by atoms with Crippen LogP contribution in [0.3, 0.4) is 0 Å². The highest BCUT2D eigenvalue weighted by atomic mass is 14.9. The van der Waals surface area contributed by atoms with Gasteiger partial charge in [-0.3, -0.25) is 0 Å². The van der Waals surface area contributed by atoms with Crippen molar-refractivity contribution < 1.29 is 0 Å². The molecule has 1 unspecified atom stereocenters. The molecule has 1 rings (SSSR count). The predicted octanol–water partition coefficient (Wildman–Crippen LogP) is 3.75. The largest absolute Gasteiger partial charge is 0.312 e. The minimum Gasteiger partial charge on any atom is -0.312 e. The van der Waals surface area contributed by atoms with Gasteiger partial charge in [0, 0.05) is 17.9 Å². The van der Waals surface area contributed by atoms with Crippen molar-refractivity contribution in [1.82, 2.24) is 5.32 Å². The summed E-state index contributed by atoms with van der Waals surface area (Å²) >= 11 is 0. The third-order valence-corrected chi connectivity index (χ3v) is 3.51. The maximum absolute atomic E-state index is 3.64. The molecular weight excluding hydrogens is 218 g/mol. The van der Waals surface area contributed by atoms with Gasteiger partial charge in [-0.15, -0.1) is 11.8 Å². The second-order valence-electron chi connectivity index (χ2n) is 5.23. The Morgan fingerprint density at radius 2 is 1.89 bits per heavy atom. The summed E-state index contributed by atoms with van der Waals surface area (Å²) in [5.41, 5.74) is 1.47. The van der Waals surface area contributed by atoms with Gasteiger partial charge in [0.15, 0.2) is 0 Å². The Kier molecular flexibility index (Phi) is 5.95. The summed E-state index contributed by atoms with van der Waals surface area (Å²) in [6, 6.07) is 11.1. The highest BCUT2D eigenvalue weighted by molar-refractivity contribution is 5.26. The van der Waals surface area contributed by atoms with E-state index in [1.54, 1.807) is 0 Å². The van der Waals surface area contributed by atoms with Crippen molar-refractivity contribution in [1.29, 1.82) is 0 Å². The molecule has 0 aliphatic carbocycles. The van der Waals surface area contributed by atoms with E-state index in [-0.39, 0.29) is 5.41 Å². The minimum atomic E-state index is 0.0975. The van der Waals surface area contributed by atoms with E-state index in [2.05, 4.69) is 68.3 Å². The molecule has 0 bridgehead atoms. The lowest BCUT2D eigenvalue weighted by molar-refractivity contribution is 0.345. The van der Waals surface area contributed by atoms with Gasteiger partial charge < -0.3 is 5.32 Å². The van der Waals surface area contributed by atoms with Gasteiger partial charge in [0.05, 0.1) is 0 Å². The average molecular weight is 243 g/mol. The molecule has 0 aromatic heterocycles. The summed E-state index contributed by atoms with van der Waals surface area (Å²) in [5.74, 6) is 6.23. The van der Waals surface area contributed by atoms with Crippen molar-refractivity contribution in [3.63, 3.8) is 0 Å². The van der Waals surface area contributed by atoms with Crippen molar-refractivity contribution in [2.45, 2.75) is 52.0 Å². The van der Waals surface area contributed by atoms with Crippen LogP contribution in [0.15, 0.2) is 30.3 Å². The lowest BCUT2D eigenvalue weighted by Gasteiger charge is -2.35. The molecule has 0 spiro atoms. The standard InChI is InChI=1S/C17H25N/c1-5-7-13-16(18-14-6-2)17(3,4)15-11-9-8-10-12-15/h8-12,16,18H,6,13-14H2,1-4H3. The molecule has 1 atom stereocenters. The zero-order valence-corrected chi connectivity index (χ0v) is 12.1. The molecule has 0 heterocycles. The molecule has 0 fully saturated rings. The first-order chi connectivity index (χ1) is 8.62. The highest BCUT2D eigenvalue weighted by Gasteiger charge is 2.29. The van der Waals surface area contributed by atoms with Crippen LogP contribution in [0.5, 0.6) is 0 Å². The summed E-state index contributed by atoms with van der Waals surface area (Å²) in [6.07, 6.45) is 2.05. The Bertz CT molecular complexity index is 395. The molecule has 0 aliphatic heterocycles. The van der Waals surface area contributed by atoms with E-state index >= 15 is 0 Å². The maximum atomic E-state index is 3.64. The molecule has 0 saturated carbocycles. The Morgan fingerprint density at radius 3 is 2.44 bits per heavy atom. The van der Waals surface area contributed by atoms with E-state index in [9.17, 15) is 0 Å². The van der Waals surface area contributed by atoms with Crippen molar-refractivity contribution in [3.05, 3.63) is 35.9 Å². The van der Waals surface area contributed by atoms with Crippen LogP contribution in [0.2, 0.25) is 0 Å². The van der Waals surface area contributed by atoms with Gasteiger partial charge in [0.2, 0.25) is 0 Å². The summed E-state index contributed by atoms with van der Waals surface area (Å²) in [7, 11) is 0. The first-order valence-corrected chi connectivity index (χ1v) is 6.81. The number of hydrogen-bond donors (Lipinski definition) is 1. The van der Waals surface area contributed by atoms with Crippen molar-refractivity contribution in [2.24, 2.45) is 0 Å². The zero-order chi connectivity index (χ0) is 13.4. The first-order valence-electron chi connectivity index (χ1n) is 6.81. The quantitative estimate of drug-likeness (QED) is 0.750. The lowest BCUT2D eigenvalue weighted by Crippen LogP contribution is -2.45. The van der Waals surface area contributed by atoms with Crippen LogP contribution in [-0.2, 0) is 5.41 Å². The number of benzene rings is 1. The summed E-state index contributed by atoms with van der Waals surface area (Å²) < 4.78 is 0. The summed E-state index contributed by atoms with van der Waals surface area (Å²) in [6.45, 7) is 9.75.